The van der Waals surface area contributed by atoms with Gasteiger partial charge in [-0.3, -0.25) is 0 Å². The Kier molecular flexibility index (Phi) is 3.70. The van der Waals surface area contributed by atoms with E-state index in [2.05, 4.69) is 15.3 Å². The van der Waals surface area contributed by atoms with Crippen molar-refractivity contribution in [3.05, 3.63) is 53.4 Å². The summed E-state index contributed by atoms with van der Waals surface area (Å²) in [5.74, 6) is -1.18. The van der Waals surface area contributed by atoms with Gasteiger partial charge in [0.15, 0.2) is 0 Å². The van der Waals surface area contributed by atoms with Crippen molar-refractivity contribution >= 4 is 11.7 Å². The molecule has 2 N–H and O–H groups in total. The summed E-state index contributed by atoms with van der Waals surface area (Å²) < 4.78 is 13.6. The van der Waals surface area contributed by atoms with Crippen LogP contribution in [0.5, 0.6) is 0 Å². The first-order chi connectivity index (χ1) is 9.08. The van der Waals surface area contributed by atoms with Gasteiger partial charge in [0.25, 0.3) is 0 Å². The van der Waals surface area contributed by atoms with Crippen LogP contribution in [0.4, 0.5) is 10.1 Å². The SMILES string of the molecule is Cc1nccc(CNc2c(F)cccc2C(=O)O)n1. The summed E-state index contributed by atoms with van der Waals surface area (Å²) >= 11 is 0. The molecule has 1 aromatic carbocycles. The summed E-state index contributed by atoms with van der Waals surface area (Å²) in [6.45, 7) is 1.97. The number of hydrogen-bond acceptors (Lipinski definition) is 4. The maximum absolute atomic E-state index is 13.6. The Morgan fingerprint density at radius 3 is 2.89 bits per heavy atom. The number of aromatic carboxylic acids is 1. The van der Waals surface area contributed by atoms with E-state index >= 15 is 0 Å². The Balaban J connectivity index is 2.22. The van der Waals surface area contributed by atoms with Gasteiger partial charge in [-0.2, -0.15) is 0 Å². The number of para-hydroxylation sites is 1. The van der Waals surface area contributed by atoms with Crippen LogP contribution in [-0.4, -0.2) is 21.0 Å². The third-order valence-corrected chi connectivity index (χ3v) is 2.52. The number of rotatable bonds is 4. The first-order valence-electron chi connectivity index (χ1n) is 5.62. The van der Waals surface area contributed by atoms with E-state index in [0.29, 0.717) is 11.5 Å². The molecular weight excluding hydrogens is 249 g/mol. The highest BCUT2D eigenvalue weighted by molar-refractivity contribution is 5.94. The fourth-order valence-corrected chi connectivity index (χ4v) is 1.66. The number of carboxylic acid groups (broad SMARTS) is 1. The molecule has 0 saturated carbocycles. The monoisotopic (exact) mass is 261 g/mol. The molecular formula is C13H12FN3O2. The number of anilines is 1. The second-order valence-electron chi connectivity index (χ2n) is 3.92. The van der Waals surface area contributed by atoms with Crippen LogP contribution in [0.15, 0.2) is 30.5 Å². The zero-order valence-electron chi connectivity index (χ0n) is 10.2. The van der Waals surface area contributed by atoms with Crippen LogP contribution < -0.4 is 5.32 Å². The van der Waals surface area contributed by atoms with E-state index in [0.717, 1.165) is 0 Å². The molecule has 0 unspecified atom stereocenters. The summed E-state index contributed by atoms with van der Waals surface area (Å²) in [5, 5.41) is 11.8. The molecule has 0 aliphatic carbocycles. The molecule has 2 rings (SSSR count). The summed E-state index contributed by atoms with van der Waals surface area (Å²) in [7, 11) is 0. The van der Waals surface area contributed by atoms with E-state index < -0.39 is 11.8 Å². The molecule has 0 radical (unpaired) electrons. The average Bonchev–Trinajstić information content (AvgIpc) is 2.37. The Bertz CT molecular complexity index is 617. The van der Waals surface area contributed by atoms with E-state index in [1.165, 1.54) is 18.2 Å². The van der Waals surface area contributed by atoms with Crippen LogP contribution in [0, 0.1) is 12.7 Å². The number of carboxylic acids is 1. The highest BCUT2D eigenvalue weighted by Crippen LogP contribution is 2.20. The van der Waals surface area contributed by atoms with Crippen molar-refractivity contribution in [2.75, 3.05) is 5.32 Å². The average molecular weight is 261 g/mol. The number of aromatic nitrogens is 2. The molecule has 0 aliphatic heterocycles. The van der Waals surface area contributed by atoms with E-state index in [1.54, 1.807) is 19.2 Å². The van der Waals surface area contributed by atoms with Crippen LogP contribution >= 0.6 is 0 Å². The lowest BCUT2D eigenvalue weighted by Gasteiger charge is -2.10. The van der Waals surface area contributed by atoms with Gasteiger partial charge in [-0.15, -0.1) is 0 Å². The van der Waals surface area contributed by atoms with Gasteiger partial charge in [-0.05, 0) is 25.1 Å². The molecule has 0 bridgehead atoms. The van der Waals surface area contributed by atoms with Gasteiger partial charge in [0.1, 0.15) is 11.6 Å². The Morgan fingerprint density at radius 2 is 2.21 bits per heavy atom. The van der Waals surface area contributed by atoms with Gasteiger partial charge < -0.3 is 10.4 Å². The van der Waals surface area contributed by atoms with Gasteiger partial charge in [0, 0.05) is 6.20 Å². The van der Waals surface area contributed by atoms with E-state index in [4.69, 9.17) is 5.11 Å². The molecule has 0 aliphatic rings. The Hall–Kier alpha value is -2.50. The third-order valence-electron chi connectivity index (χ3n) is 2.52. The minimum atomic E-state index is -1.18. The number of benzene rings is 1. The summed E-state index contributed by atoms with van der Waals surface area (Å²) in [6, 6.07) is 5.60. The van der Waals surface area contributed by atoms with Crippen LogP contribution in [0.1, 0.15) is 21.9 Å². The molecule has 0 amide bonds. The first kappa shape index (κ1) is 12.9. The second kappa shape index (κ2) is 5.43. The fourth-order valence-electron chi connectivity index (χ4n) is 1.66. The normalized spacial score (nSPS) is 10.2. The molecule has 5 nitrogen and oxygen atoms in total. The smallest absolute Gasteiger partial charge is 0.337 e. The number of nitrogens with zero attached hydrogens (tertiary/aromatic N) is 2. The summed E-state index contributed by atoms with van der Waals surface area (Å²) in [5.41, 5.74) is 0.518. The zero-order chi connectivity index (χ0) is 13.8. The molecule has 0 atom stereocenters. The third kappa shape index (κ3) is 3.04. The maximum atomic E-state index is 13.6. The number of nitrogens with one attached hydrogen (secondary N) is 1. The highest BCUT2D eigenvalue weighted by atomic mass is 19.1. The van der Waals surface area contributed by atoms with E-state index in [9.17, 15) is 9.18 Å². The predicted octanol–water partition coefficient (Wildman–Crippen LogP) is 2.23. The Morgan fingerprint density at radius 1 is 1.42 bits per heavy atom. The largest absolute Gasteiger partial charge is 0.478 e. The molecule has 0 spiro atoms. The predicted molar refractivity (Wildman–Crippen MR) is 67.5 cm³/mol. The molecule has 1 aromatic heterocycles. The van der Waals surface area contributed by atoms with Gasteiger partial charge in [-0.25, -0.2) is 19.2 Å². The fraction of sp³-hybridized carbons (Fsp3) is 0.154. The van der Waals surface area contributed by atoms with Gasteiger partial charge >= 0.3 is 5.97 Å². The van der Waals surface area contributed by atoms with E-state index in [-0.39, 0.29) is 17.8 Å². The van der Waals surface area contributed by atoms with Crippen molar-refractivity contribution in [3.8, 4) is 0 Å². The molecule has 0 fully saturated rings. The molecule has 1 heterocycles. The second-order valence-corrected chi connectivity index (χ2v) is 3.92. The topological polar surface area (TPSA) is 75.1 Å². The molecule has 98 valence electrons. The molecule has 19 heavy (non-hydrogen) atoms. The molecule has 0 saturated heterocycles. The quantitative estimate of drug-likeness (QED) is 0.882. The standard InChI is InChI=1S/C13H12FN3O2/c1-8-15-6-5-9(17-8)7-16-12-10(13(18)19)3-2-4-11(12)14/h2-6,16H,7H2,1H3,(H,18,19). The minimum Gasteiger partial charge on any atom is -0.478 e. The van der Waals surface area contributed by atoms with Crippen molar-refractivity contribution in [1.82, 2.24) is 9.97 Å². The summed E-state index contributed by atoms with van der Waals surface area (Å²) in [4.78, 5) is 19.1. The maximum Gasteiger partial charge on any atom is 0.337 e. The van der Waals surface area contributed by atoms with Crippen molar-refractivity contribution in [2.45, 2.75) is 13.5 Å². The van der Waals surface area contributed by atoms with Gasteiger partial charge in [0.2, 0.25) is 0 Å². The minimum absolute atomic E-state index is 0.0359. The number of hydrogen-bond donors (Lipinski definition) is 2. The Labute approximate surface area is 109 Å². The lowest BCUT2D eigenvalue weighted by molar-refractivity contribution is 0.0697. The van der Waals surface area contributed by atoms with Crippen molar-refractivity contribution in [3.63, 3.8) is 0 Å². The number of carbonyl (C=O) groups is 1. The van der Waals surface area contributed by atoms with Gasteiger partial charge in [-0.1, -0.05) is 6.07 Å². The summed E-state index contributed by atoms with van der Waals surface area (Å²) in [6.07, 6.45) is 1.60. The first-order valence-corrected chi connectivity index (χ1v) is 5.62. The van der Waals surface area contributed by atoms with Gasteiger partial charge in [0.05, 0.1) is 23.5 Å². The number of halogens is 1. The van der Waals surface area contributed by atoms with Crippen LogP contribution in [0.3, 0.4) is 0 Å². The van der Waals surface area contributed by atoms with E-state index in [1.807, 2.05) is 0 Å². The van der Waals surface area contributed by atoms with Crippen molar-refractivity contribution < 1.29 is 14.3 Å². The van der Waals surface area contributed by atoms with Crippen LogP contribution in [0.25, 0.3) is 0 Å². The van der Waals surface area contributed by atoms with Crippen molar-refractivity contribution in [1.29, 1.82) is 0 Å². The van der Waals surface area contributed by atoms with Crippen molar-refractivity contribution in [2.24, 2.45) is 0 Å². The molecule has 2 aromatic rings. The molecule has 6 heteroatoms. The number of aryl methyl sites for hydroxylation is 1. The van der Waals surface area contributed by atoms with Crippen LogP contribution in [0.2, 0.25) is 0 Å². The van der Waals surface area contributed by atoms with Crippen LogP contribution in [-0.2, 0) is 6.54 Å². The lowest BCUT2D eigenvalue weighted by atomic mass is 10.1. The highest BCUT2D eigenvalue weighted by Gasteiger charge is 2.13. The lowest BCUT2D eigenvalue weighted by Crippen LogP contribution is -2.09. The zero-order valence-corrected chi connectivity index (χ0v) is 10.2.